The number of amides is 1. The van der Waals surface area contributed by atoms with Crippen LogP contribution in [-0.2, 0) is 11.3 Å². The van der Waals surface area contributed by atoms with Crippen molar-refractivity contribution < 1.29 is 14.5 Å². The first-order valence-electron chi connectivity index (χ1n) is 12.7. The lowest BCUT2D eigenvalue weighted by Crippen LogP contribution is -2.39. The van der Waals surface area contributed by atoms with E-state index in [9.17, 15) is 14.9 Å². The normalized spacial score (nSPS) is 24.8. The van der Waals surface area contributed by atoms with Crippen LogP contribution in [0.1, 0.15) is 31.2 Å². The third-order valence-electron chi connectivity index (χ3n) is 7.92. The number of nitro benzene ring substituents is 1. The van der Waals surface area contributed by atoms with E-state index in [1.165, 1.54) is 0 Å². The number of benzene rings is 2. The average Bonchev–Trinajstić information content (AvgIpc) is 3.42. The van der Waals surface area contributed by atoms with Crippen molar-refractivity contribution in [1.82, 2.24) is 10.2 Å². The molecule has 1 saturated carbocycles. The predicted molar refractivity (Wildman–Crippen MR) is 134 cm³/mol. The Labute approximate surface area is 206 Å². The number of ether oxygens (including phenoxy) is 1. The zero-order valence-electron chi connectivity index (χ0n) is 20.1. The standard InChI is InChI=1S/C27H34N4O4/c32-27(35-19-21-4-2-1-3-5-21)28-24-14-22-17-29(18-23(22)15-24)16-20-10-12-30(13-11-20)25-6-8-26(9-7-25)31(33)34/h1-9,20,22-24H,10-19H2,(H,28,32)/t22-,23+,24?. The van der Waals surface area contributed by atoms with Crippen LogP contribution < -0.4 is 10.2 Å². The monoisotopic (exact) mass is 478 g/mol. The van der Waals surface area contributed by atoms with Gasteiger partial charge >= 0.3 is 6.09 Å². The lowest BCUT2D eigenvalue weighted by atomic mass is 9.95. The molecule has 1 unspecified atom stereocenters. The maximum atomic E-state index is 12.2. The third kappa shape index (κ3) is 5.93. The molecule has 2 aromatic rings. The quantitative estimate of drug-likeness (QED) is 0.467. The molecule has 2 aliphatic heterocycles. The van der Waals surface area contributed by atoms with Crippen LogP contribution in [0.15, 0.2) is 54.6 Å². The summed E-state index contributed by atoms with van der Waals surface area (Å²) in [7, 11) is 0. The van der Waals surface area contributed by atoms with Crippen LogP contribution in [0.3, 0.4) is 0 Å². The second-order valence-corrected chi connectivity index (χ2v) is 10.3. The molecule has 2 saturated heterocycles. The van der Waals surface area contributed by atoms with E-state index < -0.39 is 0 Å². The molecule has 0 aromatic heterocycles. The number of non-ortho nitro benzene ring substituents is 1. The van der Waals surface area contributed by atoms with Crippen molar-refractivity contribution in [3.63, 3.8) is 0 Å². The van der Waals surface area contributed by atoms with Gasteiger partial charge in [-0.25, -0.2) is 4.79 Å². The number of nitro groups is 1. The second-order valence-electron chi connectivity index (χ2n) is 10.3. The summed E-state index contributed by atoms with van der Waals surface area (Å²) < 4.78 is 5.40. The van der Waals surface area contributed by atoms with Crippen molar-refractivity contribution in [2.45, 2.75) is 38.3 Å². The number of nitrogens with one attached hydrogen (secondary N) is 1. The summed E-state index contributed by atoms with van der Waals surface area (Å²) in [4.78, 5) is 27.7. The number of hydrogen-bond donors (Lipinski definition) is 1. The molecule has 1 aliphatic carbocycles. The minimum absolute atomic E-state index is 0.143. The summed E-state index contributed by atoms with van der Waals surface area (Å²) in [6, 6.07) is 16.9. The van der Waals surface area contributed by atoms with Crippen molar-refractivity contribution in [2.24, 2.45) is 17.8 Å². The van der Waals surface area contributed by atoms with Crippen molar-refractivity contribution in [3.8, 4) is 0 Å². The van der Waals surface area contributed by atoms with E-state index in [4.69, 9.17) is 4.74 Å². The molecule has 8 heteroatoms. The van der Waals surface area contributed by atoms with Gasteiger partial charge in [0.25, 0.3) is 5.69 Å². The molecule has 8 nitrogen and oxygen atoms in total. The summed E-state index contributed by atoms with van der Waals surface area (Å²) in [5.74, 6) is 2.02. The largest absolute Gasteiger partial charge is 0.445 e. The maximum Gasteiger partial charge on any atom is 0.407 e. The van der Waals surface area contributed by atoms with E-state index in [0.29, 0.717) is 24.4 Å². The second kappa shape index (κ2) is 10.6. The molecule has 0 radical (unpaired) electrons. The van der Waals surface area contributed by atoms with Crippen LogP contribution in [0.25, 0.3) is 0 Å². The summed E-state index contributed by atoms with van der Waals surface area (Å²) in [5.41, 5.74) is 2.22. The van der Waals surface area contributed by atoms with Gasteiger partial charge < -0.3 is 19.9 Å². The van der Waals surface area contributed by atoms with E-state index in [2.05, 4.69) is 15.1 Å². The summed E-state index contributed by atoms with van der Waals surface area (Å²) in [5, 5.41) is 14.0. The number of hydrogen-bond acceptors (Lipinski definition) is 6. The molecule has 186 valence electrons. The highest BCUT2D eigenvalue weighted by Gasteiger charge is 2.41. The van der Waals surface area contributed by atoms with Gasteiger partial charge in [-0.05, 0) is 61.1 Å². The van der Waals surface area contributed by atoms with Gasteiger partial charge in [0.15, 0.2) is 0 Å². The van der Waals surface area contributed by atoms with Crippen LogP contribution in [-0.4, -0.2) is 54.7 Å². The Kier molecular flexibility index (Phi) is 7.18. The van der Waals surface area contributed by atoms with E-state index in [0.717, 1.165) is 69.7 Å². The Morgan fingerprint density at radius 3 is 2.29 bits per heavy atom. The SMILES string of the molecule is O=C(NC1C[C@@H]2CN(CC3CCN(c4ccc([N+](=O)[O-])cc4)CC3)C[C@@H]2C1)OCc1ccccc1. The van der Waals surface area contributed by atoms with Crippen molar-refractivity contribution >= 4 is 17.5 Å². The predicted octanol–water partition coefficient (Wildman–Crippen LogP) is 4.45. The van der Waals surface area contributed by atoms with Crippen LogP contribution >= 0.6 is 0 Å². The Hall–Kier alpha value is -3.13. The van der Waals surface area contributed by atoms with Gasteiger partial charge in [0.1, 0.15) is 6.61 Å². The molecule has 3 fully saturated rings. The number of piperidine rings is 1. The molecule has 3 atom stereocenters. The zero-order valence-corrected chi connectivity index (χ0v) is 20.1. The highest BCUT2D eigenvalue weighted by molar-refractivity contribution is 5.67. The molecule has 1 amide bonds. The molecule has 0 spiro atoms. The van der Waals surface area contributed by atoms with Gasteiger partial charge in [-0.2, -0.15) is 0 Å². The van der Waals surface area contributed by atoms with Crippen LogP contribution in [0.5, 0.6) is 0 Å². The number of nitrogens with zero attached hydrogens (tertiary/aromatic N) is 3. The van der Waals surface area contributed by atoms with Gasteiger partial charge in [-0.1, -0.05) is 30.3 Å². The summed E-state index contributed by atoms with van der Waals surface area (Å²) >= 11 is 0. The van der Waals surface area contributed by atoms with Gasteiger partial charge in [0.05, 0.1) is 4.92 Å². The van der Waals surface area contributed by atoms with Crippen LogP contribution in [0.2, 0.25) is 0 Å². The van der Waals surface area contributed by atoms with E-state index in [-0.39, 0.29) is 22.7 Å². The summed E-state index contributed by atoms with van der Waals surface area (Å²) in [6.07, 6.45) is 4.08. The highest BCUT2D eigenvalue weighted by atomic mass is 16.6. The van der Waals surface area contributed by atoms with Crippen molar-refractivity contribution in [1.29, 1.82) is 0 Å². The van der Waals surface area contributed by atoms with Gasteiger partial charge in [0, 0.05) is 56.6 Å². The lowest BCUT2D eigenvalue weighted by molar-refractivity contribution is -0.384. The number of carbonyl (C=O) groups excluding carboxylic acids is 1. The molecule has 2 aromatic carbocycles. The van der Waals surface area contributed by atoms with E-state index in [1.807, 2.05) is 42.5 Å². The minimum atomic E-state index is -0.350. The summed E-state index contributed by atoms with van der Waals surface area (Å²) in [6.45, 7) is 5.72. The fourth-order valence-electron chi connectivity index (χ4n) is 6.12. The molecular formula is C27H34N4O4. The number of anilines is 1. The van der Waals surface area contributed by atoms with Gasteiger partial charge in [-0.15, -0.1) is 0 Å². The number of rotatable bonds is 7. The van der Waals surface area contributed by atoms with Crippen molar-refractivity contribution in [3.05, 3.63) is 70.3 Å². The Bertz CT molecular complexity index is 994. The van der Waals surface area contributed by atoms with Crippen LogP contribution in [0.4, 0.5) is 16.2 Å². The van der Waals surface area contributed by atoms with E-state index in [1.54, 1.807) is 12.1 Å². The molecular weight excluding hydrogens is 444 g/mol. The first kappa shape index (κ1) is 23.6. The van der Waals surface area contributed by atoms with Crippen LogP contribution in [0, 0.1) is 27.9 Å². The fraction of sp³-hybridized carbons (Fsp3) is 0.519. The number of alkyl carbamates (subject to hydrolysis) is 1. The third-order valence-corrected chi connectivity index (χ3v) is 7.92. The Morgan fingerprint density at radius 1 is 1.00 bits per heavy atom. The first-order valence-corrected chi connectivity index (χ1v) is 12.7. The Morgan fingerprint density at radius 2 is 1.66 bits per heavy atom. The molecule has 5 rings (SSSR count). The van der Waals surface area contributed by atoms with E-state index >= 15 is 0 Å². The van der Waals surface area contributed by atoms with Gasteiger partial charge in [-0.3, -0.25) is 10.1 Å². The average molecular weight is 479 g/mol. The zero-order chi connectivity index (χ0) is 24.2. The topological polar surface area (TPSA) is 88.0 Å². The molecule has 3 aliphatic rings. The number of likely N-dealkylation sites (tertiary alicyclic amines) is 1. The smallest absolute Gasteiger partial charge is 0.407 e. The molecule has 2 heterocycles. The Balaban J connectivity index is 1.01. The van der Waals surface area contributed by atoms with Gasteiger partial charge in [0.2, 0.25) is 0 Å². The maximum absolute atomic E-state index is 12.2. The number of fused-ring (bicyclic) bond motifs is 1. The lowest BCUT2D eigenvalue weighted by Gasteiger charge is -2.35. The van der Waals surface area contributed by atoms with Crippen molar-refractivity contribution in [2.75, 3.05) is 37.6 Å². The molecule has 35 heavy (non-hydrogen) atoms. The molecule has 0 bridgehead atoms. The minimum Gasteiger partial charge on any atom is -0.445 e. The highest BCUT2D eigenvalue weighted by Crippen LogP contribution is 2.39. The number of carbonyl (C=O) groups is 1. The first-order chi connectivity index (χ1) is 17.0. The fourth-order valence-corrected chi connectivity index (χ4v) is 6.12. The molecule has 1 N–H and O–H groups in total.